The Hall–Kier alpha value is -4.05. The monoisotopic (exact) mass is 1010 g/mol. The molecule has 0 unspecified atom stereocenters. The number of nitrogens with zero attached hydrogens (tertiary/aromatic N) is 5. The summed E-state index contributed by atoms with van der Waals surface area (Å²) in [5.41, 5.74) is 4.60. The lowest BCUT2D eigenvalue weighted by molar-refractivity contribution is -0.892. The Bertz CT molecular complexity index is 2100. The molecule has 0 saturated heterocycles. The van der Waals surface area contributed by atoms with E-state index in [2.05, 4.69) is 108 Å². The van der Waals surface area contributed by atoms with Crippen LogP contribution in [0.4, 0.5) is 10.1 Å². The van der Waals surface area contributed by atoms with E-state index in [1.165, 1.54) is 32.1 Å². The van der Waals surface area contributed by atoms with Crippen molar-refractivity contribution >= 4 is 40.3 Å². The van der Waals surface area contributed by atoms with Crippen LogP contribution in [-0.4, -0.2) is 180 Å². The number of para-hydroxylation sites is 2. The summed E-state index contributed by atoms with van der Waals surface area (Å²) in [6.45, 7) is 11.9. The molecule has 1 aliphatic heterocycles. The van der Waals surface area contributed by atoms with Crippen LogP contribution in [0.25, 0.3) is 17.0 Å². The Kier molecular flexibility index (Phi) is 28.6. The molecule has 0 fully saturated rings. The number of pyridine rings is 1. The van der Waals surface area contributed by atoms with E-state index in [1.807, 2.05) is 22.5 Å². The number of hydrogen-bond acceptors (Lipinski definition) is 13. The SMILES string of the molecule is CN1/C(=C/c2cc[n+](CCC[N+](C)(C)CCCCCC(=O)NCCOCCOCCOCCOCCOCCOCCn3cnc(COCCOCCOCC[18F])c3)c3ccccc23)Sc2ccccc21. The zero-order valence-corrected chi connectivity index (χ0v) is 43.4. The fourth-order valence-corrected chi connectivity index (χ4v) is 8.89. The zero-order valence-electron chi connectivity index (χ0n) is 42.6. The number of ether oxygens (including phenoxy) is 9. The molecule has 1 N–H and O–H groups in total. The van der Waals surface area contributed by atoms with Gasteiger partial charge in [0.2, 0.25) is 11.4 Å². The highest BCUT2D eigenvalue weighted by Crippen LogP contribution is 2.45. The molecule has 1 aliphatic rings. The average molecular weight is 1010 g/mol. The van der Waals surface area contributed by atoms with E-state index in [0.29, 0.717) is 132 Å². The van der Waals surface area contributed by atoms with Gasteiger partial charge >= 0.3 is 0 Å². The van der Waals surface area contributed by atoms with Crippen LogP contribution >= 0.6 is 11.8 Å². The smallest absolute Gasteiger partial charge is 0.220 e. The number of aromatic nitrogens is 3. The Labute approximate surface area is 425 Å². The number of benzene rings is 2. The molecule has 5 rings (SSSR count). The predicted octanol–water partition coefficient (Wildman–Crippen LogP) is 6.33. The standard InChI is InChI=1S/C53H80FN6O10S/c1-57-50-14-8-9-15-51(50)71-53(57)42-46-17-21-59(49-13-7-6-12-48(46)49)20-11-24-60(2,3)23-10-4-5-16-52(61)55-19-26-63-29-32-65-34-36-67-38-39-68-37-35-66-33-30-64-27-22-58-43-47(56-45-58)44-70-41-40-69-31-28-62-25-18-54/h6-9,12-15,17,21,42-43,45H,4-5,10-11,16,18-20,22-41,44H2,1-3H3/q+1/p+1/i54-1. The molecule has 0 bridgehead atoms. The summed E-state index contributed by atoms with van der Waals surface area (Å²) in [4.78, 5) is 20.3. The first-order chi connectivity index (χ1) is 34.8. The van der Waals surface area contributed by atoms with Crippen LogP contribution in [0, 0.1) is 0 Å². The van der Waals surface area contributed by atoms with Gasteiger partial charge in [0, 0.05) is 49.8 Å². The molecule has 1 amide bonds. The molecule has 0 aliphatic carbocycles. The summed E-state index contributed by atoms with van der Waals surface area (Å²) in [6, 6.07) is 19.6. The Balaban J connectivity index is 0.744. The number of fused-ring (bicyclic) bond motifs is 2. The van der Waals surface area contributed by atoms with Crippen LogP contribution in [-0.2, 0) is 67.1 Å². The minimum atomic E-state index is -0.483. The molecule has 0 radical (unpaired) electrons. The number of imidazole rings is 1. The lowest BCUT2D eigenvalue weighted by Crippen LogP contribution is -2.44. The van der Waals surface area contributed by atoms with Crippen molar-refractivity contribution in [2.24, 2.45) is 0 Å². The number of carbonyl (C=O) groups is 1. The summed E-state index contributed by atoms with van der Waals surface area (Å²) < 4.78 is 66.7. The lowest BCUT2D eigenvalue weighted by Gasteiger charge is -2.29. The van der Waals surface area contributed by atoms with Crippen molar-refractivity contribution in [3.05, 3.63) is 89.6 Å². The second kappa shape index (κ2) is 35.2. The maximum Gasteiger partial charge on any atom is 0.220 e. The number of aryl methyl sites for hydroxylation is 1. The van der Waals surface area contributed by atoms with Crippen molar-refractivity contribution in [1.82, 2.24) is 14.9 Å². The van der Waals surface area contributed by atoms with Gasteiger partial charge in [-0.3, -0.25) is 4.79 Å². The van der Waals surface area contributed by atoms with Crippen molar-refractivity contribution in [3.63, 3.8) is 0 Å². The van der Waals surface area contributed by atoms with E-state index in [0.717, 1.165) is 55.5 Å². The second-order valence-electron chi connectivity index (χ2n) is 17.7. The molecule has 2 aromatic carbocycles. The van der Waals surface area contributed by atoms with Crippen LogP contribution in [0.2, 0.25) is 0 Å². The number of halogens is 1. The Morgan fingerprint density at radius 1 is 0.704 bits per heavy atom. The first-order valence-electron chi connectivity index (χ1n) is 25.3. The number of quaternary nitrogens is 1. The molecule has 16 nitrogen and oxygen atoms in total. The van der Waals surface area contributed by atoms with E-state index >= 15 is 0 Å². The van der Waals surface area contributed by atoms with Gasteiger partial charge in [0.25, 0.3) is 0 Å². The number of alkyl halides is 1. The van der Waals surface area contributed by atoms with Crippen LogP contribution in [0.15, 0.2) is 83.2 Å². The van der Waals surface area contributed by atoms with Crippen LogP contribution in [0.1, 0.15) is 43.4 Å². The van der Waals surface area contributed by atoms with Gasteiger partial charge in [0.1, 0.15) is 6.67 Å². The molecular formula is C53H81FN6O10S+2. The first kappa shape index (κ1) is 57.8. The third-order valence-corrected chi connectivity index (χ3v) is 12.8. The number of unbranched alkanes of at least 4 members (excludes halogenated alkanes) is 2. The highest BCUT2D eigenvalue weighted by atomic mass is 32.2. The van der Waals surface area contributed by atoms with E-state index in [-0.39, 0.29) is 12.5 Å². The summed E-state index contributed by atoms with van der Waals surface area (Å²) in [7, 11) is 6.78. The highest BCUT2D eigenvalue weighted by Gasteiger charge is 2.23. The molecule has 0 atom stereocenters. The lowest BCUT2D eigenvalue weighted by atomic mass is 10.1. The third-order valence-electron chi connectivity index (χ3n) is 11.7. The number of anilines is 1. The van der Waals surface area contributed by atoms with Crippen molar-refractivity contribution in [2.45, 2.75) is 56.7 Å². The second-order valence-corrected chi connectivity index (χ2v) is 18.8. The van der Waals surface area contributed by atoms with Gasteiger partial charge < -0.3 is 61.9 Å². The molecule has 0 saturated carbocycles. The molecule has 4 aromatic rings. The topological polar surface area (TPSA) is 137 Å². The van der Waals surface area contributed by atoms with Gasteiger partial charge in [-0.05, 0) is 49.1 Å². The van der Waals surface area contributed by atoms with Gasteiger partial charge in [0.15, 0.2) is 12.7 Å². The summed E-state index contributed by atoms with van der Waals surface area (Å²) in [5, 5.41) is 5.48. The van der Waals surface area contributed by atoms with E-state index < -0.39 is 6.67 Å². The number of amides is 1. The number of hydrogen-bond donors (Lipinski definition) is 1. The van der Waals surface area contributed by atoms with Crippen LogP contribution in [0.3, 0.4) is 0 Å². The third kappa shape index (κ3) is 23.6. The quantitative estimate of drug-likeness (QED) is 0.0302. The number of nitrogens with one attached hydrogen (secondary N) is 1. The van der Waals surface area contributed by atoms with Crippen molar-refractivity contribution < 1.29 is 60.9 Å². The summed E-state index contributed by atoms with van der Waals surface area (Å²) in [5.74, 6) is 0.0793. The molecule has 394 valence electrons. The molecule has 2 aromatic heterocycles. The van der Waals surface area contributed by atoms with Crippen molar-refractivity contribution in [1.29, 1.82) is 0 Å². The number of thioether (sulfide) groups is 1. The maximum atomic E-state index is 12.4. The van der Waals surface area contributed by atoms with Crippen LogP contribution < -0.4 is 14.8 Å². The van der Waals surface area contributed by atoms with Crippen molar-refractivity contribution in [2.75, 3.05) is 165 Å². The normalized spacial score (nSPS) is 13.2. The van der Waals surface area contributed by atoms with E-state index in [9.17, 15) is 9.18 Å². The van der Waals surface area contributed by atoms with Gasteiger partial charge in [-0.25, -0.2) is 9.37 Å². The maximum absolute atomic E-state index is 12.4. The largest absolute Gasteiger partial charge is 0.377 e. The minimum Gasteiger partial charge on any atom is -0.377 e. The molecule has 71 heavy (non-hydrogen) atoms. The molecule has 0 spiro atoms. The van der Waals surface area contributed by atoms with Crippen LogP contribution in [0.5, 0.6) is 0 Å². The molecule has 3 heterocycles. The van der Waals surface area contributed by atoms with Gasteiger partial charge in [-0.2, -0.15) is 4.57 Å². The van der Waals surface area contributed by atoms with Crippen molar-refractivity contribution in [3.8, 4) is 0 Å². The number of rotatable bonds is 42. The van der Waals surface area contributed by atoms with E-state index in [4.69, 9.17) is 42.6 Å². The summed E-state index contributed by atoms with van der Waals surface area (Å²) in [6.07, 6.45) is 12.9. The molecule has 18 heteroatoms. The predicted molar refractivity (Wildman–Crippen MR) is 275 cm³/mol. The Morgan fingerprint density at radius 2 is 1.30 bits per heavy atom. The minimum absolute atomic E-state index is 0.0793. The first-order valence-corrected chi connectivity index (χ1v) is 26.1. The van der Waals surface area contributed by atoms with Gasteiger partial charge in [0.05, 0.1) is 181 Å². The van der Waals surface area contributed by atoms with Gasteiger partial charge in [-0.1, -0.05) is 36.0 Å². The zero-order chi connectivity index (χ0) is 50.0. The van der Waals surface area contributed by atoms with Gasteiger partial charge in [-0.15, -0.1) is 0 Å². The number of carbonyl (C=O) groups excluding carboxylic acids is 1. The van der Waals surface area contributed by atoms with E-state index in [1.54, 1.807) is 6.33 Å². The average Bonchev–Trinajstić information content (AvgIpc) is 3.96. The summed E-state index contributed by atoms with van der Waals surface area (Å²) >= 11 is 1.83. The molecular weight excluding hydrogens is 931 g/mol. The highest BCUT2D eigenvalue weighted by molar-refractivity contribution is 8.03. The fourth-order valence-electron chi connectivity index (χ4n) is 7.79. The fraction of sp³-hybridized carbons (Fsp3) is 0.604. The Morgan fingerprint density at radius 3 is 1.97 bits per heavy atom.